The molecule has 2 atom stereocenters. The molecule has 4 rings (SSSR count). The highest BCUT2D eigenvalue weighted by Crippen LogP contribution is 2.52. The van der Waals surface area contributed by atoms with Gasteiger partial charge < -0.3 is 4.90 Å². The van der Waals surface area contributed by atoms with Gasteiger partial charge in [0, 0.05) is 20.0 Å². The van der Waals surface area contributed by atoms with Gasteiger partial charge in [0.05, 0.1) is 18.0 Å². The molecule has 1 aromatic rings. The number of carbonyl (C=O) groups excluding carboxylic acids is 1. The fourth-order valence-electron chi connectivity index (χ4n) is 5.15. The second-order valence-electron chi connectivity index (χ2n) is 8.61. The van der Waals surface area contributed by atoms with Crippen LogP contribution in [-0.2, 0) is 4.79 Å². The molecule has 0 spiro atoms. The Hall–Kier alpha value is -1.86. The van der Waals surface area contributed by atoms with E-state index in [9.17, 15) is 10.1 Å². The van der Waals surface area contributed by atoms with Gasteiger partial charge in [0.1, 0.15) is 0 Å². The third-order valence-corrected chi connectivity index (χ3v) is 6.90. The molecule has 1 aromatic carbocycles. The number of benzene rings is 1. The third-order valence-electron chi connectivity index (χ3n) is 6.90. The topological polar surface area (TPSA) is 47.3 Å². The van der Waals surface area contributed by atoms with Gasteiger partial charge in [-0.2, -0.15) is 5.26 Å². The van der Waals surface area contributed by atoms with E-state index in [1.54, 1.807) is 6.92 Å². The molecular formula is C22H29N3O. The number of piperidine rings is 1. The molecular weight excluding hydrogens is 322 g/mol. The number of hydrogen-bond acceptors (Lipinski definition) is 3. The quantitative estimate of drug-likeness (QED) is 0.817. The molecule has 2 saturated heterocycles. The molecule has 138 valence electrons. The maximum atomic E-state index is 11.6. The van der Waals surface area contributed by atoms with Gasteiger partial charge in [-0.05, 0) is 62.1 Å². The van der Waals surface area contributed by atoms with Crippen LogP contribution in [-0.4, -0.2) is 47.4 Å². The first-order valence-electron chi connectivity index (χ1n) is 10.0. The predicted octanol–water partition coefficient (Wildman–Crippen LogP) is 3.41. The van der Waals surface area contributed by atoms with E-state index in [0.29, 0.717) is 6.42 Å². The number of likely N-dealkylation sites (tertiary alicyclic amines) is 2. The minimum atomic E-state index is -0.0719. The molecule has 1 amide bonds. The first-order chi connectivity index (χ1) is 12.6. The summed E-state index contributed by atoms with van der Waals surface area (Å²) < 4.78 is 0. The molecule has 1 aliphatic carbocycles. The molecule has 2 aliphatic heterocycles. The number of nitriles is 1. The molecule has 0 bridgehead atoms. The molecule has 3 fully saturated rings. The lowest BCUT2D eigenvalue weighted by Crippen LogP contribution is -2.71. The van der Waals surface area contributed by atoms with Crippen molar-refractivity contribution >= 4 is 5.91 Å². The van der Waals surface area contributed by atoms with Crippen LogP contribution in [0.5, 0.6) is 0 Å². The Morgan fingerprint density at radius 1 is 1.23 bits per heavy atom. The molecule has 0 N–H and O–H groups in total. The summed E-state index contributed by atoms with van der Waals surface area (Å²) in [5.74, 6) is 2.62. The first kappa shape index (κ1) is 17.5. The van der Waals surface area contributed by atoms with Gasteiger partial charge in [-0.1, -0.05) is 30.3 Å². The number of rotatable bonds is 5. The van der Waals surface area contributed by atoms with E-state index >= 15 is 0 Å². The largest absolute Gasteiger partial charge is 0.339 e. The van der Waals surface area contributed by atoms with E-state index in [1.165, 1.54) is 31.2 Å². The predicted molar refractivity (Wildman–Crippen MR) is 101 cm³/mol. The van der Waals surface area contributed by atoms with Crippen LogP contribution < -0.4 is 0 Å². The van der Waals surface area contributed by atoms with Crippen molar-refractivity contribution in [2.75, 3.05) is 26.2 Å². The van der Waals surface area contributed by atoms with Gasteiger partial charge in [-0.25, -0.2) is 0 Å². The molecule has 1 saturated carbocycles. The fourth-order valence-corrected chi connectivity index (χ4v) is 5.15. The SMILES string of the molecule is CC(=O)N1CC(CC#N)(N2CCC(CC3CC3c3ccccc3)CC2)C1. The third kappa shape index (κ3) is 3.38. The zero-order valence-corrected chi connectivity index (χ0v) is 15.7. The molecule has 0 radical (unpaired) electrons. The van der Waals surface area contributed by atoms with Gasteiger partial charge in [0.25, 0.3) is 0 Å². The second kappa shape index (κ2) is 7.04. The van der Waals surface area contributed by atoms with Crippen molar-refractivity contribution < 1.29 is 4.79 Å². The van der Waals surface area contributed by atoms with Crippen molar-refractivity contribution in [3.63, 3.8) is 0 Å². The van der Waals surface area contributed by atoms with Crippen molar-refractivity contribution in [2.45, 2.75) is 50.5 Å². The van der Waals surface area contributed by atoms with Crippen LogP contribution in [0.3, 0.4) is 0 Å². The molecule has 2 unspecified atom stereocenters. The highest BCUT2D eigenvalue weighted by Gasteiger charge is 2.49. The Kier molecular flexibility index (Phi) is 4.75. The Balaban J connectivity index is 1.27. The van der Waals surface area contributed by atoms with Crippen LogP contribution in [0.2, 0.25) is 0 Å². The summed E-state index contributed by atoms with van der Waals surface area (Å²) in [4.78, 5) is 15.9. The summed E-state index contributed by atoms with van der Waals surface area (Å²) in [5.41, 5.74) is 1.44. The average Bonchev–Trinajstić information content (AvgIpc) is 3.38. The van der Waals surface area contributed by atoms with Crippen LogP contribution in [0.25, 0.3) is 0 Å². The van der Waals surface area contributed by atoms with Gasteiger partial charge in [0.15, 0.2) is 0 Å². The normalized spacial score (nSPS) is 28.2. The van der Waals surface area contributed by atoms with E-state index in [4.69, 9.17) is 0 Å². The lowest BCUT2D eigenvalue weighted by molar-refractivity contribution is -0.145. The van der Waals surface area contributed by atoms with Gasteiger partial charge >= 0.3 is 0 Å². The van der Waals surface area contributed by atoms with Crippen LogP contribution in [0.1, 0.15) is 50.5 Å². The van der Waals surface area contributed by atoms with Crippen molar-refractivity contribution in [1.29, 1.82) is 5.26 Å². The lowest BCUT2D eigenvalue weighted by atomic mass is 9.81. The zero-order chi connectivity index (χ0) is 18.1. The molecule has 4 nitrogen and oxygen atoms in total. The maximum Gasteiger partial charge on any atom is 0.219 e. The van der Waals surface area contributed by atoms with Crippen molar-refractivity contribution in [3.05, 3.63) is 35.9 Å². The van der Waals surface area contributed by atoms with Crippen molar-refractivity contribution in [3.8, 4) is 6.07 Å². The Bertz CT molecular complexity index is 681. The minimum Gasteiger partial charge on any atom is -0.339 e. The van der Waals surface area contributed by atoms with Crippen LogP contribution >= 0.6 is 0 Å². The summed E-state index contributed by atoms with van der Waals surface area (Å²) >= 11 is 0. The van der Waals surface area contributed by atoms with E-state index < -0.39 is 0 Å². The summed E-state index contributed by atoms with van der Waals surface area (Å²) in [6.45, 7) is 5.27. The summed E-state index contributed by atoms with van der Waals surface area (Å²) in [5, 5.41) is 9.26. The minimum absolute atomic E-state index is 0.0719. The van der Waals surface area contributed by atoms with Crippen LogP contribution in [0.4, 0.5) is 0 Å². The number of hydrogen-bond donors (Lipinski definition) is 0. The standard InChI is InChI=1S/C22H29N3O/c1-17(26)24-15-22(16-24,9-10-23)25-11-7-18(8-12-25)13-20-14-21(20)19-5-3-2-4-6-19/h2-6,18,20-21H,7-9,11-16H2,1H3. The monoisotopic (exact) mass is 351 g/mol. The van der Waals surface area contributed by atoms with Crippen LogP contribution in [0.15, 0.2) is 30.3 Å². The van der Waals surface area contributed by atoms with Gasteiger partial charge in [-0.3, -0.25) is 9.69 Å². The fraction of sp³-hybridized carbons (Fsp3) is 0.636. The summed E-state index contributed by atoms with van der Waals surface area (Å²) in [6, 6.07) is 13.3. The zero-order valence-electron chi connectivity index (χ0n) is 15.7. The average molecular weight is 351 g/mol. The smallest absolute Gasteiger partial charge is 0.219 e. The number of nitrogens with zero attached hydrogens (tertiary/aromatic N) is 3. The van der Waals surface area contributed by atoms with E-state index in [1.807, 2.05) is 4.90 Å². The molecule has 26 heavy (non-hydrogen) atoms. The Morgan fingerprint density at radius 3 is 2.54 bits per heavy atom. The maximum absolute atomic E-state index is 11.6. The molecule has 0 aromatic heterocycles. The highest BCUT2D eigenvalue weighted by molar-refractivity contribution is 5.74. The van der Waals surface area contributed by atoms with E-state index in [0.717, 1.165) is 43.9 Å². The van der Waals surface area contributed by atoms with Crippen LogP contribution in [0, 0.1) is 23.2 Å². The number of amides is 1. The van der Waals surface area contributed by atoms with Gasteiger partial charge in [0.2, 0.25) is 5.91 Å². The lowest BCUT2D eigenvalue weighted by Gasteiger charge is -2.56. The van der Waals surface area contributed by atoms with E-state index in [2.05, 4.69) is 41.3 Å². The molecule has 3 aliphatic rings. The van der Waals surface area contributed by atoms with Crippen molar-refractivity contribution in [2.24, 2.45) is 11.8 Å². The molecule has 4 heteroatoms. The molecule has 2 heterocycles. The highest BCUT2D eigenvalue weighted by atomic mass is 16.2. The van der Waals surface area contributed by atoms with Gasteiger partial charge in [-0.15, -0.1) is 0 Å². The number of carbonyl (C=O) groups is 1. The van der Waals surface area contributed by atoms with Crippen molar-refractivity contribution in [1.82, 2.24) is 9.80 Å². The first-order valence-corrected chi connectivity index (χ1v) is 10.0. The Labute approximate surface area is 156 Å². The second-order valence-corrected chi connectivity index (χ2v) is 8.61. The van der Waals surface area contributed by atoms with E-state index in [-0.39, 0.29) is 11.4 Å². The summed E-state index contributed by atoms with van der Waals surface area (Å²) in [7, 11) is 0. The Morgan fingerprint density at radius 2 is 1.92 bits per heavy atom. The summed E-state index contributed by atoms with van der Waals surface area (Å²) in [6.07, 6.45) is 5.74.